The van der Waals surface area contributed by atoms with Crippen LogP contribution in [0.1, 0.15) is 12.0 Å². The van der Waals surface area contributed by atoms with E-state index < -0.39 is 0 Å². The van der Waals surface area contributed by atoms with Gasteiger partial charge in [0.15, 0.2) is 0 Å². The maximum Gasteiger partial charge on any atom is 0.134 e. The van der Waals surface area contributed by atoms with Crippen molar-refractivity contribution in [2.24, 2.45) is 0 Å². The second kappa shape index (κ2) is 5.11. The molecule has 3 heteroatoms. The average Bonchev–Trinajstić information content (AvgIpc) is 2.87. The van der Waals surface area contributed by atoms with Crippen molar-refractivity contribution in [2.75, 3.05) is 6.61 Å². The van der Waals surface area contributed by atoms with Crippen molar-refractivity contribution in [3.63, 3.8) is 0 Å². The SMILES string of the molecule is OCCCc1c2c3cc(F)ccc3occ-2c2ccccc12. The molecule has 1 heterocycles. The van der Waals surface area contributed by atoms with Gasteiger partial charge in [-0.3, -0.25) is 0 Å². The Morgan fingerprint density at radius 1 is 1.00 bits per heavy atom. The Bertz CT molecular complexity index is 939. The second-order valence-electron chi connectivity index (χ2n) is 5.52. The number of halogens is 1. The number of hydrogen-bond donors (Lipinski definition) is 1. The van der Waals surface area contributed by atoms with E-state index in [9.17, 15) is 9.50 Å². The van der Waals surface area contributed by atoms with E-state index in [2.05, 4.69) is 12.1 Å². The Morgan fingerprint density at radius 3 is 2.64 bits per heavy atom. The Balaban J connectivity index is 2.15. The molecule has 0 unspecified atom stereocenters. The first-order valence-corrected chi connectivity index (χ1v) is 7.40. The normalized spacial score (nSPS) is 11.7. The second-order valence-corrected chi connectivity index (χ2v) is 5.52. The summed E-state index contributed by atoms with van der Waals surface area (Å²) < 4.78 is 19.4. The molecule has 0 amide bonds. The predicted octanol–water partition coefficient (Wildman–Crippen LogP) is 4.75. The molecule has 0 saturated heterocycles. The Labute approximate surface area is 127 Å². The van der Waals surface area contributed by atoms with E-state index in [0.29, 0.717) is 12.0 Å². The van der Waals surface area contributed by atoms with Gasteiger partial charge in [-0.05, 0) is 47.4 Å². The van der Waals surface area contributed by atoms with Crippen LogP contribution in [0.3, 0.4) is 0 Å². The molecule has 1 aliphatic heterocycles. The van der Waals surface area contributed by atoms with Crippen molar-refractivity contribution >= 4 is 21.7 Å². The molecular formula is C19H15FO2. The Kier molecular flexibility index (Phi) is 3.09. The molecule has 1 N–H and O–H groups in total. The molecule has 0 atom stereocenters. The smallest absolute Gasteiger partial charge is 0.134 e. The molecule has 110 valence electrons. The molecule has 0 aromatic heterocycles. The number of aliphatic hydroxyl groups excluding tert-OH is 1. The summed E-state index contributed by atoms with van der Waals surface area (Å²) in [7, 11) is 0. The first-order chi connectivity index (χ1) is 10.8. The van der Waals surface area contributed by atoms with Crippen molar-refractivity contribution in [3.05, 3.63) is 60.1 Å². The van der Waals surface area contributed by atoms with E-state index in [1.165, 1.54) is 12.1 Å². The van der Waals surface area contributed by atoms with Gasteiger partial charge >= 0.3 is 0 Å². The highest BCUT2D eigenvalue weighted by Crippen LogP contribution is 2.43. The van der Waals surface area contributed by atoms with E-state index >= 15 is 0 Å². The maximum atomic E-state index is 13.7. The third-order valence-electron chi connectivity index (χ3n) is 4.21. The lowest BCUT2D eigenvalue weighted by atomic mass is 9.99. The van der Waals surface area contributed by atoms with Crippen LogP contribution in [0, 0.1) is 5.82 Å². The average molecular weight is 294 g/mol. The lowest BCUT2D eigenvalue weighted by molar-refractivity contribution is 0.289. The summed E-state index contributed by atoms with van der Waals surface area (Å²) in [5, 5.41) is 12.2. The van der Waals surface area contributed by atoms with Crippen molar-refractivity contribution in [1.29, 1.82) is 0 Å². The van der Waals surface area contributed by atoms with E-state index in [-0.39, 0.29) is 12.4 Å². The van der Waals surface area contributed by atoms with Gasteiger partial charge in [-0.15, -0.1) is 0 Å². The molecule has 22 heavy (non-hydrogen) atoms. The fraction of sp³-hybridized carbons (Fsp3) is 0.158. The molecule has 0 fully saturated rings. The highest BCUT2D eigenvalue weighted by Gasteiger charge is 2.21. The van der Waals surface area contributed by atoms with Crippen molar-refractivity contribution in [1.82, 2.24) is 0 Å². The van der Waals surface area contributed by atoms with Crippen molar-refractivity contribution < 1.29 is 13.9 Å². The quantitative estimate of drug-likeness (QED) is 0.591. The number of rotatable bonds is 3. The Hall–Kier alpha value is -2.39. The van der Waals surface area contributed by atoms with Crippen LogP contribution in [0.2, 0.25) is 0 Å². The fourth-order valence-electron chi connectivity index (χ4n) is 3.28. The third kappa shape index (κ3) is 1.90. The molecule has 2 aromatic rings. The van der Waals surface area contributed by atoms with Gasteiger partial charge in [0, 0.05) is 23.1 Å². The maximum absolute atomic E-state index is 13.7. The predicted molar refractivity (Wildman–Crippen MR) is 85.7 cm³/mol. The number of fused-ring (bicyclic) bond motifs is 5. The molecule has 0 radical (unpaired) electrons. The zero-order valence-electron chi connectivity index (χ0n) is 12.0. The summed E-state index contributed by atoms with van der Waals surface area (Å²) in [6.07, 6.45) is 3.20. The lowest BCUT2D eigenvalue weighted by Gasteiger charge is -2.08. The van der Waals surface area contributed by atoms with Gasteiger partial charge in [-0.25, -0.2) is 4.39 Å². The molecule has 1 aliphatic carbocycles. The van der Waals surface area contributed by atoms with Crippen LogP contribution in [-0.2, 0) is 6.42 Å². The highest BCUT2D eigenvalue weighted by atomic mass is 19.1. The summed E-state index contributed by atoms with van der Waals surface area (Å²) >= 11 is 0. The summed E-state index contributed by atoms with van der Waals surface area (Å²) in [5.41, 5.74) is 3.87. The minimum Gasteiger partial charge on any atom is -0.464 e. The molecule has 2 nitrogen and oxygen atoms in total. The largest absolute Gasteiger partial charge is 0.464 e. The zero-order chi connectivity index (χ0) is 15.1. The van der Waals surface area contributed by atoms with Crippen LogP contribution in [0.25, 0.3) is 32.9 Å². The van der Waals surface area contributed by atoms with Crippen LogP contribution in [0.5, 0.6) is 0 Å². The fourth-order valence-corrected chi connectivity index (χ4v) is 3.28. The lowest BCUT2D eigenvalue weighted by Crippen LogP contribution is -1.91. The van der Waals surface area contributed by atoms with Crippen molar-refractivity contribution in [2.45, 2.75) is 12.8 Å². The van der Waals surface area contributed by atoms with E-state index in [4.69, 9.17) is 4.42 Å². The van der Waals surface area contributed by atoms with E-state index in [1.54, 1.807) is 12.3 Å². The van der Waals surface area contributed by atoms with Crippen LogP contribution >= 0.6 is 0 Å². The number of benzene rings is 2. The van der Waals surface area contributed by atoms with Gasteiger partial charge in [0.2, 0.25) is 0 Å². The van der Waals surface area contributed by atoms with Crippen molar-refractivity contribution in [3.8, 4) is 11.1 Å². The van der Waals surface area contributed by atoms with Gasteiger partial charge in [0.25, 0.3) is 0 Å². The number of hydrogen-bond acceptors (Lipinski definition) is 2. The van der Waals surface area contributed by atoms with Crippen LogP contribution in [-0.4, -0.2) is 11.7 Å². The summed E-state index contributed by atoms with van der Waals surface area (Å²) in [5.74, 6) is -0.270. The van der Waals surface area contributed by atoms with Gasteiger partial charge in [0.05, 0.1) is 6.26 Å². The number of aliphatic hydroxyl groups is 1. The first kappa shape index (κ1) is 13.3. The molecule has 4 rings (SSSR count). The molecule has 2 aliphatic rings. The molecule has 2 aromatic carbocycles. The monoisotopic (exact) mass is 294 g/mol. The molecule has 0 bridgehead atoms. The number of aryl methyl sites for hydroxylation is 1. The zero-order valence-corrected chi connectivity index (χ0v) is 12.0. The summed E-state index contributed by atoms with van der Waals surface area (Å²) in [4.78, 5) is 0. The third-order valence-corrected chi connectivity index (χ3v) is 4.21. The minimum absolute atomic E-state index is 0.143. The topological polar surface area (TPSA) is 33.4 Å². The first-order valence-electron chi connectivity index (χ1n) is 7.40. The van der Waals surface area contributed by atoms with Gasteiger partial charge in [0.1, 0.15) is 11.4 Å². The highest BCUT2D eigenvalue weighted by molar-refractivity contribution is 6.12. The van der Waals surface area contributed by atoms with Gasteiger partial charge in [-0.2, -0.15) is 0 Å². The van der Waals surface area contributed by atoms with E-state index in [1.807, 2.05) is 12.1 Å². The standard InChI is InChI=1S/C19H15FO2/c20-12-7-8-18-16(10-12)19-15(6-3-9-21)13-4-1-2-5-14(13)17(19)11-22-18/h1-2,4-5,7-8,10-11,21H,3,6,9H2. The van der Waals surface area contributed by atoms with Gasteiger partial charge in [-0.1, -0.05) is 24.3 Å². The molecular weight excluding hydrogens is 279 g/mol. The van der Waals surface area contributed by atoms with Crippen LogP contribution < -0.4 is 0 Å². The summed E-state index contributed by atoms with van der Waals surface area (Å²) in [6.45, 7) is 0.143. The van der Waals surface area contributed by atoms with Gasteiger partial charge < -0.3 is 9.52 Å². The minimum atomic E-state index is -0.270. The molecule has 0 saturated carbocycles. The summed E-state index contributed by atoms with van der Waals surface area (Å²) in [6, 6.07) is 12.7. The van der Waals surface area contributed by atoms with Crippen LogP contribution in [0.4, 0.5) is 4.39 Å². The van der Waals surface area contributed by atoms with E-state index in [0.717, 1.165) is 39.3 Å². The molecule has 0 spiro atoms. The Morgan fingerprint density at radius 2 is 1.82 bits per heavy atom. The van der Waals surface area contributed by atoms with Crippen LogP contribution in [0.15, 0.2) is 53.1 Å².